The first-order chi connectivity index (χ1) is 10.3. The molecule has 21 heavy (non-hydrogen) atoms. The van der Waals surface area contributed by atoms with Gasteiger partial charge in [0, 0.05) is 6.04 Å². The molecule has 3 aromatic rings. The van der Waals surface area contributed by atoms with E-state index in [-0.39, 0.29) is 6.04 Å². The number of thiophene rings is 1. The minimum absolute atomic E-state index is 0.260. The first kappa shape index (κ1) is 13.8. The Labute approximate surface area is 127 Å². The maximum absolute atomic E-state index is 5.43. The number of aromatic nitrogens is 2. The normalized spacial score (nSPS) is 12.3. The van der Waals surface area contributed by atoms with Crippen molar-refractivity contribution in [3.63, 3.8) is 0 Å². The molecule has 2 aromatic heterocycles. The molecule has 0 radical (unpaired) electrons. The summed E-state index contributed by atoms with van der Waals surface area (Å²) in [5, 5.41) is 6.49. The van der Waals surface area contributed by atoms with Crippen LogP contribution in [0.15, 0.2) is 41.8 Å². The second kappa shape index (κ2) is 6.07. The Hall–Kier alpha value is -2.18. The Kier molecular flexibility index (Phi) is 3.98. The molecule has 3 rings (SSSR count). The summed E-state index contributed by atoms with van der Waals surface area (Å²) in [4.78, 5) is 9.68. The fourth-order valence-electron chi connectivity index (χ4n) is 2.28. The molecule has 2 heterocycles. The number of rotatable bonds is 5. The van der Waals surface area contributed by atoms with Crippen molar-refractivity contribution < 1.29 is 0 Å². The van der Waals surface area contributed by atoms with E-state index in [1.54, 1.807) is 11.3 Å². The number of nitrogen functional groups attached to an aromatic ring is 1. The maximum atomic E-state index is 5.43. The highest BCUT2D eigenvalue weighted by molar-refractivity contribution is 7.16. The molecule has 1 aromatic carbocycles. The molecule has 0 aliphatic rings. The van der Waals surface area contributed by atoms with Crippen molar-refractivity contribution in [1.82, 2.24) is 9.97 Å². The first-order valence-corrected chi connectivity index (χ1v) is 7.66. The second-order valence-corrected chi connectivity index (χ2v) is 5.81. The van der Waals surface area contributed by atoms with Gasteiger partial charge in [0.05, 0.1) is 5.39 Å². The van der Waals surface area contributed by atoms with Crippen LogP contribution >= 0.6 is 11.3 Å². The van der Waals surface area contributed by atoms with Gasteiger partial charge >= 0.3 is 0 Å². The highest BCUT2D eigenvalue weighted by Gasteiger charge is 2.11. The van der Waals surface area contributed by atoms with E-state index in [9.17, 15) is 0 Å². The summed E-state index contributed by atoms with van der Waals surface area (Å²) in [6, 6.07) is 12.7. The number of nitrogens with two attached hydrogens (primary N) is 1. The molecule has 108 valence electrons. The van der Waals surface area contributed by atoms with E-state index >= 15 is 0 Å². The van der Waals surface area contributed by atoms with Crippen LogP contribution in [0, 0.1) is 0 Å². The molecule has 1 atom stereocenters. The van der Waals surface area contributed by atoms with Crippen LogP contribution in [0.25, 0.3) is 10.2 Å². The third-order valence-electron chi connectivity index (χ3n) is 3.22. The van der Waals surface area contributed by atoms with Gasteiger partial charge in [0.1, 0.15) is 10.6 Å². The third-order valence-corrected chi connectivity index (χ3v) is 4.03. The van der Waals surface area contributed by atoms with E-state index < -0.39 is 0 Å². The van der Waals surface area contributed by atoms with Crippen LogP contribution < -0.4 is 16.6 Å². The fourth-order valence-corrected chi connectivity index (χ4v) is 3.05. The molecule has 6 heteroatoms. The highest BCUT2D eigenvalue weighted by Crippen LogP contribution is 2.26. The number of fused-ring (bicyclic) bond motifs is 1. The van der Waals surface area contributed by atoms with E-state index in [0.717, 1.165) is 22.5 Å². The zero-order valence-electron chi connectivity index (χ0n) is 11.7. The molecule has 0 aliphatic heterocycles. The summed E-state index contributed by atoms with van der Waals surface area (Å²) in [5.41, 5.74) is 3.81. The average Bonchev–Trinajstić information content (AvgIpc) is 2.96. The predicted octanol–water partition coefficient (Wildman–Crippen LogP) is 3.02. The monoisotopic (exact) mass is 299 g/mol. The van der Waals surface area contributed by atoms with Gasteiger partial charge in [0.25, 0.3) is 0 Å². The molecule has 0 aliphatic carbocycles. The predicted molar refractivity (Wildman–Crippen MR) is 88.5 cm³/mol. The first-order valence-electron chi connectivity index (χ1n) is 6.78. The van der Waals surface area contributed by atoms with Gasteiger partial charge < -0.3 is 5.32 Å². The van der Waals surface area contributed by atoms with Crippen molar-refractivity contribution in [2.75, 3.05) is 10.7 Å². The van der Waals surface area contributed by atoms with Gasteiger partial charge in [0.2, 0.25) is 5.95 Å². The lowest BCUT2D eigenvalue weighted by atomic mass is 10.1. The molecule has 1 unspecified atom stereocenters. The number of hydrazine groups is 1. The minimum Gasteiger partial charge on any atom is -0.367 e. The SMILES string of the molecule is CC(Cc1ccccc1)Nc1nc(NN)nc2sccc12. The molecule has 5 nitrogen and oxygen atoms in total. The number of anilines is 2. The Morgan fingerprint density at radius 3 is 2.76 bits per heavy atom. The van der Waals surface area contributed by atoms with Crippen LogP contribution in [0.4, 0.5) is 11.8 Å². The van der Waals surface area contributed by atoms with Crippen LogP contribution in [0.5, 0.6) is 0 Å². The summed E-state index contributed by atoms with van der Waals surface area (Å²) in [5.74, 6) is 6.68. The summed E-state index contributed by atoms with van der Waals surface area (Å²) in [6.07, 6.45) is 0.932. The molecule has 4 N–H and O–H groups in total. The van der Waals surface area contributed by atoms with E-state index in [1.807, 2.05) is 17.5 Å². The van der Waals surface area contributed by atoms with Gasteiger partial charge in [-0.15, -0.1) is 11.3 Å². The van der Waals surface area contributed by atoms with Gasteiger partial charge in [-0.25, -0.2) is 10.8 Å². The van der Waals surface area contributed by atoms with Crippen molar-refractivity contribution in [2.24, 2.45) is 5.84 Å². The smallest absolute Gasteiger partial charge is 0.240 e. The average molecular weight is 299 g/mol. The minimum atomic E-state index is 0.260. The van der Waals surface area contributed by atoms with Crippen molar-refractivity contribution >= 4 is 33.3 Å². The molecule has 0 fully saturated rings. The van der Waals surface area contributed by atoms with Crippen LogP contribution in [-0.2, 0) is 6.42 Å². The van der Waals surface area contributed by atoms with Crippen molar-refractivity contribution in [2.45, 2.75) is 19.4 Å². The largest absolute Gasteiger partial charge is 0.367 e. The van der Waals surface area contributed by atoms with E-state index in [0.29, 0.717) is 5.95 Å². The van der Waals surface area contributed by atoms with Gasteiger partial charge in [-0.05, 0) is 30.4 Å². The zero-order valence-corrected chi connectivity index (χ0v) is 12.5. The quantitative estimate of drug-likeness (QED) is 0.499. The Morgan fingerprint density at radius 1 is 1.19 bits per heavy atom. The van der Waals surface area contributed by atoms with Crippen LogP contribution in [0.1, 0.15) is 12.5 Å². The number of benzene rings is 1. The molecule has 0 spiro atoms. The number of nitrogens with one attached hydrogen (secondary N) is 2. The highest BCUT2D eigenvalue weighted by atomic mass is 32.1. The third kappa shape index (κ3) is 3.12. The van der Waals surface area contributed by atoms with Crippen LogP contribution in [0.3, 0.4) is 0 Å². The maximum Gasteiger partial charge on any atom is 0.240 e. The Bertz CT molecular complexity index is 725. The number of nitrogens with zero attached hydrogens (tertiary/aromatic N) is 2. The Balaban J connectivity index is 1.82. The van der Waals surface area contributed by atoms with E-state index in [4.69, 9.17) is 5.84 Å². The molecule has 0 saturated carbocycles. The molecular formula is C15H17N5S. The lowest BCUT2D eigenvalue weighted by Gasteiger charge is -2.15. The summed E-state index contributed by atoms with van der Waals surface area (Å²) in [6.45, 7) is 2.14. The number of hydrogen-bond donors (Lipinski definition) is 3. The molecule has 0 bridgehead atoms. The number of hydrogen-bond acceptors (Lipinski definition) is 6. The summed E-state index contributed by atoms with van der Waals surface area (Å²) in [7, 11) is 0. The van der Waals surface area contributed by atoms with Crippen molar-refractivity contribution in [3.05, 3.63) is 47.3 Å². The van der Waals surface area contributed by atoms with Gasteiger partial charge in [-0.3, -0.25) is 5.43 Å². The molecular weight excluding hydrogens is 282 g/mol. The van der Waals surface area contributed by atoms with Gasteiger partial charge in [-0.1, -0.05) is 30.3 Å². The Morgan fingerprint density at radius 2 is 2.00 bits per heavy atom. The van der Waals surface area contributed by atoms with Crippen LogP contribution in [0.2, 0.25) is 0 Å². The molecule has 0 saturated heterocycles. The van der Waals surface area contributed by atoms with Crippen molar-refractivity contribution in [1.29, 1.82) is 0 Å². The zero-order chi connectivity index (χ0) is 14.7. The van der Waals surface area contributed by atoms with Gasteiger partial charge in [0.15, 0.2) is 0 Å². The van der Waals surface area contributed by atoms with E-state index in [1.165, 1.54) is 5.56 Å². The lowest BCUT2D eigenvalue weighted by Crippen LogP contribution is -2.20. The van der Waals surface area contributed by atoms with Crippen LogP contribution in [-0.4, -0.2) is 16.0 Å². The lowest BCUT2D eigenvalue weighted by molar-refractivity contribution is 0.786. The fraction of sp³-hybridized carbons (Fsp3) is 0.200. The summed E-state index contributed by atoms with van der Waals surface area (Å²) < 4.78 is 0. The second-order valence-electron chi connectivity index (χ2n) is 4.91. The summed E-state index contributed by atoms with van der Waals surface area (Å²) >= 11 is 1.58. The van der Waals surface area contributed by atoms with E-state index in [2.05, 4.69) is 51.9 Å². The topological polar surface area (TPSA) is 75.9 Å². The van der Waals surface area contributed by atoms with Gasteiger partial charge in [-0.2, -0.15) is 4.98 Å². The van der Waals surface area contributed by atoms with Crippen molar-refractivity contribution in [3.8, 4) is 0 Å². The molecule has 0 amide bonds. The standard InChI is InChI=1S/C15H17N5S/c1-10(9-11-5-3-2-4-6-11)17-13-12-7-8-21-14(12)19-15(18-13)20-16/h2-8,10H,9,16H2,1H3,(H2,17,18,19,20).